The summed E-state index contributed by atoms with van der Waals surface area (Å²) in [7, 11) is 0. The molecule has 104 valence electrons. The Hall–Kier alpha value is -1.59. The summed E-state index contributed by atoms with van der Waals surface area (Å²) in [6, 6.07) is 7.78. The standard InChI is InChI=1S/C14H9ClF2O2S/c15-10-2-1-3-11(16)9(10)7-20-13-6-8(14(18)19)4-5-12(13)17/h1-6H,7H2,(H,18,19). The van der Waals surface area contributed by atoms with E-state index in [1.54, 1.807) is 6.07 Å². The zero-order valence-corrected chi connectivity index (χ0v) is 11.6. The zero-order valence-electron chi connectivity index (χ0n) is 10.1. The van der Waals surface area contributed by atoms with Crippen LogP contribution in [-0.4, -0.2) is 11.1 Å². The normalized spacial score (nSPS) is 10.6. The van der Waals surface area contributed by atoms with Gasteiger partial charge < -0.3 is 5.11 Å². The average molecular weight is 315 g/mol. The number of hydrogen-bond acceptors (Lipinski definition) is 2. The molecule has 0 spiro atoms. The largest absolute Gasteiger partial charge is 0.478 e. The van der Waals surface area contributed by atoms with Crippen LogP contribution in [-0.2, 0) is 5.75 Å². The molecule has 0 heterocycles. The fourth-order valence-corrected chi connectivity index (χ4v) is 2.89. The molecule has 0 saturated carbocycles. The third-order valence-electron chi connectivity index (χ3n) is 2.61. The van der Waals surface area contributed by atoms with Gasteiger partial charge in [0, 0.05) is 21.2 Å². The highest BCUT2D eigenvalue weighted by atomic mass is 35.5. The molecular weight excluding hydrogens is 306 g/mol. The highest BCUT2D eigenvalue weighted by Crippen LogP contribution is 2.30. The van der Waals surface area contributed by atoms with Crippen LogP contribution in [0.25, 0.3) is 0 Å². The van der Waals surface area contributed by atoms with Crippen LogP contribution in [0.5, 0.6) is 0 Å². The smallest absolute Gasteiger partial charge is 0.335 e. The average Bonchev–Trinajstić information content (AvgIpc) is 2.39. The van der Waals surface area contributed by atoms with Gasteiger partial charge in [-0.1, -0.05) is 17.7 Å². The molecule has 2 nitrogen and oxygen atoms in total. The number of halogens is 3. The second kappa shape index (κ2) is 6.24. The van der Waals surface area contributed by atoms with Crippen LogP contribution in [0.3, 0.4) is 0 Å². The van der Waals surface area contributed by atoms with E-state index in [4.69, 9.17) is 16.7 Å². The van der Waals surface area contributed by atoms with Gasteiger partial charge in [0.05, 0.1) is 5.56 Å². The topological polar surface area (TPSA) is 37.3 Å². The fourth-order valence-electron chi connectivity index (χ4n) is 1.57. The molecule has 0 aromatic heterocycles. The molecule has 0 saturated heterocycles. The zero-order chi connectivity index (χ0) is 14.7. The lowest BCUT2D eigenvalue weighted by atomic mass is 10.2. The van der Waals surface area contributed by atoms with Gasteiger partial charge in [0.25, 0.3) is 0 Å². The van der Waals surface area contributed by atoms with Crippen LogP contribution < -0.4 is 0 Å². The summed E-state index contributed by atoms with van der Waals surface area (Å²) in [6.07, 6.45) is 0. The molecular formula is C14H9ClF2O2S. The number of thioether (sulfide) groups is 1. The van der Waals surface area contributed by atoms with E-state index in [0.29, 0.717) is 0 Å². The Balaban J connectivity index is 2.23. The summed E-state index contributed by atoms with van der Waals surface area (Å²) in [5, 5.41) is 9.12. The molecule has 0 bridgehead atoms. The number of carboxylic acids is 1. The van der Waals surface area contributed by atoms with Gasteiger partial charge in [-0.05, 0) is 30.3 Å². The second-order valence-corrected chi connectivity index (χ2v) is 5.36. The Bertz CT molecular complexity index is 641. The van der Waals surface area contributed by atoms with E-state index in [1.807, 2.05) is 0 Å². The second-order valence-electron chi connectivity index (χ2n) is 3.94. The Morgan fingerprint density at radius 1 is 1.20 bits per heavy atom. The lowest BCUT2D eigenvalue weighted by Crippen LogP contribution is -1.97. The predicted molar refractivity (Wildman–Crippen MR) is 74.3 cm³/mol. The molecule has 0 amide bonds. The molecule has 2 aromatic rings. The maximum Gasteiger partial charge on any atom is 0.335 e. The lowest BCUT2D eigenvalue weighted by molar-refractivity contribution is 0.0696. The minimum absolute atomic E-state index is 0.0199. The van der Waals surface area contributed by atoms with Crippen molar-refractivity contribution in [2.45, 2.75) is 10.6 Å². The third kappa shape index (κ3) is 3.29. The van der Waals surface area contributed by atoms with Crippen molar-refractivity contribution in [1.82, 2.24) is 0 Å². The maximum atomic E-state index is 13.6. The van der Waals surface area contributed by atoms with Crippen molar-refractivity contribution in [3.8, 4) is 0 Å². The first-order valence-electron chi connectivity index (χ1n) is 5.57. The molecule has 0 unspecified atom stereocenters. The summed E-state index contributed by atoms with van der Waals surface area (Å²) < 4.78 is 27.2. The molecule has 1 N–H and O–H groups in total. The van der Waals surface area contributed by atoms with E-state index in [9.17, 15) is 13.6 Å². The molecule has 0 atom stereocenters. The number of carbonyl (C=O) groups is 1. The van der Waals surface area contributed by atoms with Crippen LogP contribution in [0.1, 0.15) is 15.9 Å². The van der Waals surface area contributed by atoms with Crippen molar-refractivity contribution in [3.05, 3.63) is 64.2 Å². The minimum atomic E-state index is -1.14. The molecule has 2 rings (SSSR count). The van der Waals surface area contributed by atoms with Gasteiger partial charge in [-0.3, -0.25) is 0 Å². The Kier molecular flexibility index (Phi) is 4.62. The molecule has 0 radical (unpaired) electrons. The van der Waals surface area contributed by atoms with E-state index < -0.39 is 17.6 Å². The third-order valence-corrected chi connectivity index (χ3v) is 4.02. The van der Waals surface area contributed by atoms with E-state index >= 15 is 0 Å². The van der Waals surface area contributed by atoms with Gasteiger partial charge in [0.2, 0.25) is 0 Å². The van der Waals surface area contributed by atoms with Gasteiger partial charge in [-0.25, -0.2) is 13.6 Å². The van der Waals surface area contributed by atoms with Crippen LogP contribution >= 0.6 is 23.4 Å². The fraction of sp³-hybridized carbons (Fsp3) is 0.0714. The highest BCUT2D eigenvalue weighted by Gasteiger charge is 2.12. The van der Waals surface area contributed by atoms with Crippen molar-refractivity contribution in [2.75, 3.05) is 0 Å². The van der Waals surface area contributed by atoms with Crippen molar-refractivity contribution >= 4 is 29.3 Å². The minimum Gasteiger partial charge on any atom is -0.478 e. The number of benzene rings is 2. The van der Waals surface area contributed by atoms with Crippen molar-refractivity contribution < 1.29 is 18.7 Å². The summed E-state index contributed by atoms with van der Waals surface area (Å²) in [6.45, 7) is 0. The summed E-state index contributed by atoms with van der Waals surface area (Å²) >= 11 is 6.87. The molecule has 0 aliphatic carbocycles. The summed E-state index contributed by atoms with van der Waals surface area (Å²) in [4.78, 5) is 11.0. The lowest BCUT2D eigenvalue weighted by Gasteiger charge is -2.07. The number of rotatable bonds is 4. The highest BCUT2D eigenvalue weighted by molar-refractivity contribution is 7.98. The first-order chi connectivity index (χ1) is 9.49. The van der Waals surface area contributed by atoms with E-state index in [2.05, 4.69) is 0 Å². The SMILES string of the molecule is O=C(O)c1ccc(F)c(SCc2c(F)cccc2Cl)c1. The predicted octanol–water partition coefficient (Wildman–Crippen LogP) is 4.61. The van der Waals surface area contributed by atoms with Gasteiger partial charge in [-0.2, -0.15) is 0 Å². The van der Waals surface area contributed by atoms with E-state index in [0.717, 1.165) is 17.8 Å². The number of aromatic carboxylic acids is 1. The van der Waals surface area contributed by atoms with Crippen LogP contribution in [0.15, 0.2) is 41.3 Å². The Morgan fingerprint density at radius 3 is 2.60 bits per heavy atom. The molecule has 0 aliphatic heterocycles. The van der Waals surface area contributed by atoms with Crippen LogP contribution in [0.4, 0.5) is 8.78 Å². The van der Waals surface area contributed by atoms with E-state index in [-0.39, 0.29) is 26.8 Å². The Labute approximate surface area is 123 Å². The van der Waals surface area contributed by atoms with Gasteiger partial charge in [-0.15, -0.1) is 11.8 Å². The van der Waals surface area contributed by atoms with Crippen LogP contribution in [0.2, 0.25) is 5.02 Å². The molecule has 6 heteroatoms. The molecule has 2 aromatic carbocycles. The van der Waals surface area contributed by atoms with Gasteiger partial charge in [0.15, 0.2) is 0 Å². The summed E-state index contributed by atoms with van der Waals surface area (Å²) in [5.74, 6) is -2.05. The first kappa shape index (κ1) is 14.8. The van der Waals surface area contributed by atoms with E-state index in [1.165, 1.54) is 24.3 Å². The number of carboxylic acid groups (broad SMARTS) is 1. The van der Waals surface area contributed by atoms with Crippen molar-refractivity contribution in [1.29, 1.82) is 0 Å². The molecule has 20 heavy (non-hydrogen) atoms. The number of hydrogen-bond donors (Lipinski definition) is 1. The van der Waals surface area contributed by atoms with Crippen molar-refractivity contribution in [3.63, 3.8) is 0 Å². The van der Waals surface area contributed by atoms with Crippen molar-refractivity contribution in [2.24, 2.45) is 0 Å². The monoisotopic (exact) mass is 314 g/mol. The maximum absolute atomic E-state index is 13.6. The van der Waals surface area contributed by atoms with Gasteiger partial charge >= 0.3 is 5.97 Å². The van der Waals surface area contributed by atoms with Gasteiger partial charge in [0.1, 0.15) is 11.6 Å². The molecule has 0 fully saturated rings. The van der Waals surface area contributed by atoms with Crippen LogP contribution in [0, 0.1) is 11.6 Å². The summed E-state index contributed by atoms with van der Waals surface area (Å²) in [5.41, 5.74) is 0.243. The molecule has 0 aliphatic rings. The first-order valence-corrected chi connectivity index (χ1v) is 6.94. The quantitative estimate of drug-likeness (QED) is 0.837. The Morgan fingerprint density at radius 2 is 1.95 bits per heavy atom.